The molecule has 1 heterocycles. The number of piperidine rings is 1. The second kappa shape index (κ2) is 9.44. The van der Waals surface area contributed by atoms with Crippen LogP contribution in [0.4, 0.5) is 0 Å². The van der Waals surface area contributed by atoms with Gasteiger partial charge in [-0.3, -0.25) is 9.59 Å². The molecule has 2 aromatic rings. The molecule has 0 radical (unpaired) electrons. The van der Waals surface area contributed by atoms with Gasteiger partial charge in [0.1, 0.15) is 0 Å². The summed E-state index contributed by atoms with van der Waals surface area (Å²) in [6, 6.07) is 14.8. The quantitative estimate of drug-likeness (QED) is 0.749. The van der Waals surface area contributed by atoms with Crippen LogP contribution in [0.5, 0.6) is 0 Å². The predicted octanol–water partition coefficient (Wildman–Crippen LogP) is 4.91. The first kappa shape index (κ1) is 20.7. The fourth-order valence-electron chi connectivity index (χ4n) is 3.66. The first-order valence-corrected chi connectivity index (χ1v) is 10.3. The predicted molar refractivity (Wildman–Crippen MR) is 113 cm³/mol. The molecule has 0 spiro atoms. The number of nitrogens with one attached hydrogen (secondary N) is 1. The Morgan fingerprint density at radius 1 is 1.07 bits per heavy atom. The first-order chi connectivity index (χ1) is 13.5. The topological polar surface area (TPSA) is 49.4 Å². The maximum atomic E-state index is 13.0. The van der Waals surface area contributed by atoms with Crippen molar-refractivity contribution >= 4 is 35.0 Å². The zero-order valence-electron chi connectivity index (χ0n) is 15.8. The SMILES string of the molecule is CCC(C(=O)N1CCC(NC(=O)c2cc(Cl)cc(Cl)c2)CC1)c1ccccc1. The van der Waals surface area contributed by atoms with Gasteiger partial charge < -0.3 is 10.2 Å². The number of likely N-dealkylation sites (tertiary alicyclic amines) is 1. The Morgan fingerprint density at radius 3 is 2.25 bits per heavy atom. The van der Waals surface area contributed by atoms with Crippen molar-refractivity contribution in [2.75, 3.05) is 13.1 Å². The molecule has 6 heteroatoms. The average molecular weight is 419 g/mol. The van der Waals surface area contributed by atoms with Crippen molar-refractivity contribution in [2.24, 2.45) is 0 Å². The normalized spacial score (nSPS) is 15.9. The average Bonchev–Trinajstić information content (AvgIpc) is 2.69. The van der Waals surface area contributed by atoms with Crippen molar-refractivity contribution in [3.63, 3.8) is 0 Å². The Balaban J connectivity index is 1.56. The van der Waals surface area contributed by atoms with Gasteiger partial charge in [0.2, 0.25) is 5.91 Å². The lowest BCUT2D eigenvalue weighted by molar-refractivity contribution is -0.134. The summed E-state index contributed by atoms with van der Waals surface area (Å²) in [5.41, 5.74) is 1.51. The lowest BCUT2D eigenvalue weighted by atomic mass is 9.93. The molecule has 3 rings (SSSR count). The summed E-state index contributed by atoms with van der Waals surface area (Å²) >= 11 is 12.0. The number of hydrogen-bond acceptors (Lipinski definition) is 2. The molecule has 1 N–H and O–H groups in total. The summed E-state index contributed by atoms with van der Waals surface area (Å²) in [5, 5.41) is 3.90. The number of carbonyl (C=O) groups excluding carboxylic acids is 2. The van der Waals surface area contributed by atoms with Gasteiger partial charge in [-0.25, -0.2) is 0 Å². The van der Waals surface area contributed by atoms with Crippen molar-refractivity contribution in [3.05, 3.63) is 69.7 Å². The Morgan fingerprint density at radius 2 is 1.68 bits per heavy atom. The molecule has 0 saturated carbocycles. The second-order valence-corrected chi connectivity index (χ2v) is 7.98. The molecule has 0 bridgehead atoms. The van der Waals surface area contributed by atoms with Gasteiger partial charge in [0.15, 0.2) is 0 Å². The van der Waals surface area contributed by atoms with E-state index < -0.39 is 0 Å². The van der Waals surface area contributed by atoms with Crippen molar-refractivity contribution in [3.8, 4) is 0 Å². The molecule has 2 aromatic carbocycles. The molecule has 1 aliphatic heterocycles. The van der Waals surface area contributed by atoms with E-state index in [9.17, 15) is 9.59 Å². The molecule has 1 saturated heterocycles. The molecule has 0 aliphatic carbocycles. The van der Waals surface area contributed by atoms with Crippen LogP contribution in [0.25, 0.3) is 0 Å². The van der Waals surface area contributed by atoms with E-state index in [0.717, 1.165) is 24.8 Å². The number of hydrogen-bond donors (Lipinski definition) is 1. The lowest BCUT2D eigenvalue weighted by Gasteiger charge is -2.34. The van der Waals surface area contributed by atoms with Crippen LogP contribution in [0.2, 0.25) is 10.0 Å². The maximum absolute atomic E-state index is 13.0. The standard InChI is InChI=1S/C22H24Cl2N2O2/c1-2-20(15-6-4-3-5-7-15)22(28)26-10-8-19(9-11-26)25-21(27)16-12-17(23)14-18(24)13-16/h3-7,12-14,19-20H,2,8-11H2,1H3,(H,25,27). The van der Waals surface area contributed by atoms with Gasteiger partial charge in [0.25, 0.3) is 5.91 Å². The van der Waals surface area contributed by atoms with Gasteiger partial charge in [-0.15, -0.1) is 0 Å². The highest BCUT2D eigenvalue weighted by molar-refractivity contribution is 6.35. The van der Waals surface area contributed by atoms with Crippen LogP contribution in [0.3, 0.4) is 0 Å². The van der Waals surface area contributed by atoms with Gasteiger partial charge in [-0.05, 0) is 43.0 Å². The third-order valence-corrected chi connectivity index (χ3v) is 5.61. The monoisotopic (exact) mass is 418 g/mol. The highest BCUT2D eigenvalue weighted by atomic mass is 35.5. The van der Waals surface area contributed by atoms with Crippen LogP contribution in [-0.4, -0.2) is 35.8 Å². The van der Waals surface area contributed by atoms with E-state index in [2.05, 4.69) is 5.32 Å². The van der Waals surface area contributed by atoms with E-state index in [4.69, 9.17) is 23.2 Å². The summed E-state index contributed by atoms with van der Waals surface area (Å²) in [6.45, 7) is 3.32. The summed E-state index contributed by atoms with van der Waals surface area (Å²) in [4.78, 5) is 27.3. The Kier molecular flexibility index (Phi) is 6.97. The minimum atomic E-state index is -0.190. The van der Waals surface area contributed by atoms with E-state index in [1.807, 2.05) is 42.2 Å². The number of halogens is 2. The third kappa shape index (κ3) is 5.06. The zero-order valence-corrected chi connectivity index (χ0v) is 17.3. The molecular formula is C22H24Cl2N2O2. The summed E-state index contributed by atoms with van der Waals surface area (Å²) < 4.78 is 0. The van der Waals surface area contributed by atoms with Crippen molar-refractivity contribution in [1.29, 1.82) is 0 Å². The van der Waals surface area contributed by atoms with Gasteiger partial charge in [0.05, 0.1) is 5.92 Å². The second-order valence-electron chi connectivity index (χ2n) is 7.10. The van der Waals surface area contributed by atoms with Crippen molar-refractivity contribution < 1.29 is 9.59 Å². The van der Waals surface area contributed by atoms with E-state index in [1.54, 1.807) is 18.2 Å². The molecule has 148 valence electrons. The molecule has 28 heavy (non-hydrogen) atoms. The fourth-order valence-corrected chi connectivity index (χ4v) is 4.18. The maximum Gasteiger partial charge on any atom is 0.251 e. The smallest absolute Gasteiger partial charge is 0.251 e. The number of benzene rings is 2. The van der Waals surface area contributed by atoms with Crippen LogP contribution >= 0.6 is 23.2 Å². The molecule has 4 nitrogen and oxygen atoms in total. The fraction of sp³-hybridized carbons (Fsp3) is 0.364. The lowest BCUT2D eigenvalue weighted by Crippen LogP contribution is -2.47. The Bertz CT molecular complexity index is 813. The third-order valence-electron chi connectivity index (χ3n) is 5.17. The highest BCUT2D eigenvalue weighted by Crippen LogP contribution is 2.24. The Hall–Kier alpha value is -2.04. The zero-order chi connectivity index (χ0) is 20.1. The number of amides is 2. The van der Waals surface area contributed by atoms with E-state index in [-0.39, 0.29) is 23.8 Å². The largest absolute Gasteiger partial charge is 0.349 e. The minimum absolute atomic E-state index is 0.0334. The van der Waals surface area contributed by atoms with Crippen LogP contribution in [0, 0.1) is 0 Å². The van der Waals surface area contributed by atoms with Crippen LogP contribution in [-0.2, 0) is 4.79 Å². The summed E-state index contributed by atoms with van der Waals surface area (Å²) in [6.07, 6.45) is 2.24. The van der Waals surface area contributed by atoms with Crippen LogP contribution < -0.4 is 5.32 Å². The molecular weight excluding hydrogens is 395 g/mol. The summed E-state index contributed by atoms with van der Waals surface area (Å²) in [7, 11) is 0. The van der Waals surface area contributed by atoms with E-state index in [1.165, 1.54) is 0 Å². The number of carbonyl (C=O) groups is 2. The molecule has 1 aliphatic rings. The van der Waals surface area contributed by atoms with E-state index in [0.29, 0.717) is 28.7 Å². The molecule has 1 unspecified atom stereocenters. The minimum Gasteiger partial charge on any atom is -0.349 e. The van der Waals surface area contributed by atoms with Crippen molar-refractivity contribution in [2.45, 2.75) is 38.1 Å². The number of rotatable bonds is 5. The van der Waals surface area contributed by atoms with Crippen molar-refractivity contribution in [1.82, 2.24) is 10.2 Å². The number of nitrogens with zero attached hydrogens (tertiary/aromatic N) is 1. The Labute approximate surface area is 175 Å². The highest BCUT2D eigenvalue weighted by Gasteiger charge is 2.29. The molecule has 2 amide bonds. The van der Waals surface area contributed by atoms with Gasteiger partial charge >= 0.3 is 0 Å². The van der Waals surface area contributed by atoms with Crippen LogP contribution in [0.15, 0.2) is 48.5 Å². The van der Waals surface area contributed by atoms with E-state index >= 15 is 0 Å². The van der Waals surface area contributed by atoms with Gasteiger partial charge in [0, 0.05) is 34.7 Å². The molecule has 1 fully saturated rings. The van der Waals surface area contributed by atoms with Gasteiger partial charge in [-0.1, -0.05) is 60.5 Å². The summed E-state index contributed by atoms with van der Waals surface area (Å²) in [5.74, 6) is -0.133. The van der Waals surface area contributed by atoms with Crippen LogP contribution in [0.1, 0.15) is 48.0 Å². The van der Waals surface area contributed by atoms with Gasteiger partial charge in [-0.2, -0.15) is 0 Å². The molecule has 0 aromatic heterocycles. The molecule has 1 atom stereocenters. The first-order valence-electron chi connectivity index (χ1n) is 9.58.